The molecule has 0 N–H and O–H groups in total. The summed E-state index contributed by atoms with van der Waals surface area (Å²) >= 11 is 0. The monoisotopic (exact) mass is 304 g/mol. The minimum Gasteiger partial charge on any atom is -0.258 e. The molecule has 7 heteroatoms. The Balaban J connectivity index is 2.39. The van der Waals surface area contributed by atoms with Gasteiger partial charge in [-0.15, -0.1) is 0 Å². The van der Waals surface area contributed by atoms with Crippen LogP contribution >= 0.6 is 0 Å². The average Bonchev–Trinajstić information content (AvgIpc) is 2.47. The predicted molar refractivity (Wildman–Crippen MR) is 79.1 cm³/mol. The van der Waals surface area contributed by atoms with Crippen molar-refractivity contribution in [3.05, 3.63) is 69.8 Å². The fourth-order valence-corrected chi connectivity index (χ4v) is 2.70. The van der Waals surface area contributed by atoms with E-state index in [-0.39, 0.29) is 0 Å². The van der Waals surface area contributed by atoms with E-state index in [1.807, 2.05) is 19.1 Å². The number of aryl methyl sites for hydroxylation is 1. The second kappa shape index (κ2) is 5.84. The first-order chi connectivity index (χ1) is 9.90. The van der Waals surface area contributed by atoms with Crippen LogP contribution in [0.1, 0.15) is 11.1 Å². The van der Waals surface area contributed by atoms with Crippen LogP contribution in [-0.2, 0) is 10.0 Å². The molecule has 0 unspecified atom stereocenters. The van der Waals surface area contributed by atoms with E-state index in [2.05, 4.69) is 4.40 Å². The summed E-state index contributed by atoms with van der Waals surface area (Å²) in [6.45, 7) is 1.91. The minimum atomic E-state index is -4.12. The van der Waals surface area contributed by atoms with Crippen molar-refractivity contribution in [2.75, 3.05) is 0 Å². The van der Waals surface area contributed by atoms with Crippen molar-refractivity contribution < 1.29 is 13.3 Å². The standard InChI is InChI=1S/C14H12N2O4S/c1-11-6-8-12(9-7-11)10-15-21(19,20)14-5-3-2-4-13(14)16(17)18/h2-10H,1H3/b15-10+. The van der Waals surface area contributed by atoms with Gasteiger partial charge < -0.3 is 0 Å². The molecule has 0 fully saturated rings. The molecule has 108 valence electrons. The van der Waals surface area contributed by atoms with Gasteiger partial charge in [-0.1, -0.05) is 42.0 Å². The van der Waals surface area contributed by atoms with Crippen LogP contribution in [0.5, 0.6) is 0 Å². The van der Waals surface area contributed by atoms with Gasteiger partial charge in [0.15, 0.2) is 4.90 Å². The molecule has 6 nitrogen and oxygen atoms in total. The third kappa shape index (κ3) is 3.51. The van der Waals surface area contributed by atoms with Crippen molar-refractivity contribution >= 4 is 21.9 Å². The van der Waals surface area contributed by atoms with Crippen LogP contribution in [0, 0.1) is 17.0 Å². The zero-order chi connectivity index (χ0) is 15.5. The highest BCUT2D eigenvalue weighted by Gasteiger charge is 2.23. The summed E-state index contributed by atoms with van der Waals surface area (Å²) in [6, 6.07) is 12.2. The molecule has 0 aliphatic heterocycles. The summed E-state index contributed by atoms with van der Waals surface area (Å²) < 4.78 is 27.7. The van der Waals surface area contributed by atoms with Crippen LogP contribution in [-0.4, -0.2) is 19.6 Å². The molecule has 21 heavy (non-hydrogen) atoms. The van der Waals surface area contributed by atoms with Gasteiger partial charge in [-0.25, -0.2) is 0 Å². The largest absolute Gasteiger partial charge is 0.289 e. The fraction of sp³-hybridized carbons (Fsp3) is 0.0714. The van der Waals surface area contributed by atoms with Crippen molar-refractivity contribution in [2.45, 2.75) is 11.8 Å². The minimum absolute atomic E-state index is 0.418. The number of hydrogen-bond donors (Lipinski definition) is 0. The van der Waals surface area contributed by atoms with Crippen LogP contribution in [0.2, 0.25) is 0 Å². The second-order valence-corrected chi connectivity index (χ2v) is 5.95. The maximum Gasteiger partial charge on any atom is 0.289 e. The molecular weight excluding hydrogens is 292 g/mol. The highest BCUT2D eigenvalue weighted by molar-refractivity contribution is 7.90. The van der Waals surface area contributed by atoms with Crippen molar-refractivity contribution in [3.63, 3.8) is 0 Å². The number of para-hydroxylation sites is 1. The lowest BCUT2D eigenvalue weighted by Gasteiger charge is -2.00. The van der Waals surface area contributed by atoms with Crippen LogP contribution in [0.3, 0.4) is 0 Å². The van der Waals surface area contributed by atoms with E-state index in [0.717, 1.165) is 11.6 Å². The number of nitro groups is 1. The Morgan fingerprint density at radius 2 is 1.71 bits per heavy atom. The van der Waals surface area contributed by atoms with Gasteiger partial charge in [0.25, 0.3) is 15.7 Å². The first-order valence-electron chi connectivity index (χ1n) is 6.00. The van der Waals surface area contributed by atoms with Crippen molar-refractivity contribution in [1.82, 2.24) is 0 Å². The molecule has 2 rings (SSSR count). The lowest BCUT2D eigenvalue weighted by Crippen LogP contribution is -2.02. The second-order valence-electron chi connectivity index (χ2n) is 4.35. The molecule has 0 saturated heterocycles. The van der Waals surface area contributed by atoms with Gasteiger partial charge in [-0.3, -0.25) is 10.1 Å². The zero-order valence-electron chi connectivity index (χ0n) is 11.1. The van der Waals surface area contributed by atoms with Gasteiger partial charge in [0.1, 0.15) is 0 Å². The highest BCUT2D eigenvalue weighted by Crippen LogP contribution is 2.24. The first kappa shape index (κ1) is 14.9. The SMILES string of the molecule is Cc1ccc(/C=N/S(=O)(=O)c2ccccc2[N+](=O)[O-])cc1. The lowest BCUT2D eigenvalue weighted by atomic mass is 10.2. The molecule has 0 bridgehead atoms. The fourth-order valence-electron chi connectivity index (χ4n) is 1.67. The molecule has 0 atom stereocenters. The third-order valence-corrected chi connectivity index (χ3v) is 4.04. The molecule has 0 spiro atoms. The smallest absolute Gasteiger partial charge is 0.258 e. The maximum atomic E-state index is 12.1. The zero-order valence-corrected chi connectivity index (χ0v) is 11.9. The highest BCUT2D eigenvalue weighted by atomic mass is 32.2. The van der Waals surface area contributed by atoms with Crippen LogP contribution < -0.4 is 0 Å². The summed E-state index contributed by atoms with van der Waals surface area (Å²) in [6.07, 6.45) is 1.17. The molecule has 2 aromatic rings. The Morgan fingerprint density at radius 3 is 2.33 bits per heavy atom. The number of sulfonamides is 1. The average molecular weight is 304 g/mol. The predicted octanol–water partition coefficient (Wildman–Crippen LogP) is 2.71. The van der Waals surface area contributed by atoms with Crippen LogP contribution in [0.25, 0.3) is 0 Å². The molecule has 2 aromatic carbocycles. The van der Waals surface area contributed by atoms with Gasteiger partial charge in [0, 0.05) is 12.3 Å². The normalized spacial score (nSPS) is 11.7. The summed E-state index contributed by atoms with van der Waals surface area (Å²) in [7, 11) is -4.12. The van der Waals surface area contributed by atoms with Crippen molar-refractivity contribution in [1.29, 1.82) is 0 Å². The van der Waals surface area contributed by atoms with E-state index in [4.69, 9.17) is 0 Å². The Kier molecular flexibility index (Phi) is 4.13. The van der Waals surface area contributed by atoms with Crippen LogP contribution in [0.4, 0.5) is 5.69 Å². The molecule has 0 radical (unpaired) electrons. The summed E-state index contributed by atoms with van der Waals surface area (Å²) in [4.78, 5) is 9.71. The molecule has 0 aliphatic carbocycles. The quantitative estimate of drug-likeness (QED) is 0.493. The molecule has 0 heterocycles. The Bertz CT molecular complexity index is 796. The van der Waals surface area contributed by atoms with E-state index >= 15 is 0 Å². The summed E-state index contributed by atoms with van der Waals surface area (Å²) in [5.74, 6) is 0. The van der Waals surface area contributed by atoms with E-state index in [0.29, 0.717) is 5.56 Å². The first-order valence-corrected chi connectivity index (χ1v) is 7.44. The number of nitro benzene ring substituents is 1. The third-order valence-electron chi connectivity index (χ3n) is 2.76. The van der Waals surface area contributed by atoms with E-state index in [9.17, 15) is 18.5 Å². The van der Waals surface area contributed by atoms with Gasteiger partial charge in [-0.2, -0.15) is 12.8 Å². The number of nitrogens with zero attached hydrogens (tertiary/aromatic N) is 2. The maximum absolute atomic E-state index is 12.1. The molecule has 0 saturated carbocycles. The van der Waals surface area contributed by atoms with Gasteiger partial charge >= 0.3 is 0 Å². The number of rotatable bonds is 4. The van der Waals surface area contributed by atoms with Crippen LogP contribution in [0.15, 0.2) is 57.8 Å². The number of hydrogen-bond acceptors (Lipinski definition) is 4. The summed E-state index contributed by atoms with van der Waals surface area (Å²) in [5.41, 5.74) is 1.15. The van der Waals surface area contributed by atoms with E-state index in [1.165, 1.54) is 24.4 Å². The Morgan fingerprint density at radius 1 is 1.10 bits per heavy atom. The Hall–Kier alpha value is -2.54. The van der Waals surface area contributed by atoms with Gasteiger partial charge in [0.05, 0.1) is 4.92 Å². The van der Waals surface area contributed by atoms with Crippen molar-refractivity contribution in [3.8, 4) is 0 Å². The van der Waals surface area contributed by atoms with Gasteiger partial charge in [0.2, 0.25) is 0 Å². The Labute approximate surface area is 122 Å². The van der Waals surface area contributed by atoms with E-state index in [1.54, 1.807) is 12.1 Å². The molecule has 0 aromatic heterocycles. The lowest BCUT2D eigenvalue weighted by molar-refractivity contribution is -0.387. The number of benzene rings is 2. The van der Waals surface area contributed by atoms with Gasteiger partial charge in [-0.05, 0) is 18.6 Å². The summed E-state index contributed by atoms with van der Waals surface area (Å²) in [5, 5.41) is 10.9. The molecular formula is C14H12N2O4S. The molecule has 0 amide bonds. The van der Waals surface area contributed by atoms with E-state index < -0.39 is 25.5 Å². The topological polar surface area (TPSA) is 89.6 Å². The molecule has 0 aliphatic rings. The van der Waals surface area contributed by atoms with Crippen molar-refractivity contribution in [2.24, 2.45) is 4.40 Å².